The van der Waals surface area contributed by atoms with Crippen molar-refractivity contribution in [3.05, 3.63) is 0 Å². The van der Waals surface area contributed by atoms with E-state index in [1.807, 2.05) is 6.92 Å². The van der Waals surface area contributed by atoms with Gasteiger partial charge < -0.3 is 15.5 Å². The maximum atomic E-state index is 11.1. The van der Waals surface area contributed by atoms with E-state index in [-0.39, 0.29) is 5.91 Å². The Kier molecular flexibility index (Phi) is 4.90. The third kappa shape index (κ3) is 4.07. The number of likely N-dealkylation sites (tertiary alicyclic amines) is 1. The van der Waals surface area contributed by atoms with Crippen LogP contribution in [0.15, 0.2) is 0 Å². The van der Waals surface area contributed by atoms with Crippen LogP contribution >= 0.6 is 0 Å². The van der Waals surface area contributed by atoms with Gasteiger partial charge in [-0.25, -0.2) is 0 Å². The topological polar surface area (TPSA) is 44.4 Å². The van der Waals surface area contributed by atoms with Crippen LogP contribution < -0.4 is 10.6 Å². The van der Waals surface area contributed by atoms with Crippen molar-refractivity contribution in [1.29, 1.82) is 0 Å². The minimum Gasteiger partial charge on any atom is -0.356 e. The van der Waals surface area contributed by atoms with Crippen molar-refractivity contribution in [3.63, 3.8) is 0 Å². The lowest BCUT2D eigenvalue weighted by molar-refractivity contribution is -0.120. The summed E-state index contributed by atoms with van der Waals surface area (Å²) in [5.74, 6) is 0.145. The van der Waals surface area contributed by atoms with Crippen LogP contribution in [0.5, 0.6) is 0 Å². The van der Waals surface area contributed by atoms with Crippen molar-refractivity contribution in [3.8, 4) is 0 Å². The summed E-state index contributed by atoms with van der Waals surface area (Å²) in [5, 5.41) is 6.19. The minimum atomic E-state index is 0.145. The molecule has 0 aliphatic carbocycles. The maximum absolute atomic E-state index is 11.1. The second-order valence-corrected chi connectivity index (χ2v) is 3.91. The van der Waals surface area contributed by atoms with Crippen molar-refractivity contribution >= 4 is 5.91 Å². The van der Waals surface area contributed by atoms with Gasteiger partial charge in [-0.15, -0.1) is 0 Å². The maximum Gasteiger partial charge on any atom is 0.221 e. The molecule has 1 amide bonds. The lowest BCUT2D eigenvalue weighted by Crippen LogP contribution is -2.35. The van der Waals surface area contributed by atoms with Gasteiger partial charge in [-0.2, -0.15) is 0 Å². The van der Waals surface area contributed by atoms with E-state index in [9.17, 15) is 4.79 Å². The van der Waals surface area contributed by atoms with E-state index in [4.69, 9.17) is 0 Å². The van der Waals surface area contributed by atoms with Gasteiger partial charge in [0, 0.05) is 32.1 Å². The molecule has 0 aromatic heterocycles. The molecular formula is C10H21N3O. The molecule has 1 unspecified atom stereocenters. The van der Waals surface area contributed by atoms with Gasteiger partial charge in [-0.1, -0.05) is 0 Å². The molecule has 14 heavy (non-hydrogen) atoms. The zero-order chi connectivity index (χ0) is 10.4. The van der Waals surface area contributed by atoms with Crippen molar-refractivity contribution in [2.45, 2.75) is 25.8 Å². The van der Waals surface area contributed by atoms with E-state index in [0.29, 0.717) is 12.5 Å². The van der Waals surface area contributed by atoms with Crippen LogP contribution in [-0.4, -0.2) is 50.1 Å². The minimum absolute atomic E-state index is 0.145. The number of carbonyl (C=O) groups is 1. The zero-order valence-corrected chi connectivity index (χ0v) is 9.18. The first-order valence-corrected chi connectivity index (χ1v) is 5.41. The second kappa shape index (κ2) is 5.98. The Morgan fingerprint density at radius 1 is 1.57 bits per heavy atom. The molecule has 0 radical (unpaired) electrons. The van der Waals surface area contributed by atoms with Crippen LogP contribution in [0, 0.1) is 0 Å². The second-order valence-electron chi connectivity index (χ2n) is 3.91. The van der Waals surface area contributed by atoms with Gasteiger partial charge in [0.05, 0.1) is 0 Å². The molecule has 4 heteroatoms. The molecule has 1 aliphatic rings. The van der Waals surface area contributed by atoms with Gasteiger partial charge >= 0.3 is 0 Å². The number of likely N-dealkylation sites (N-methyl/N-ethyl adjacent to an activating group) is 1. The monoisotopic (exact) mass is 199 g/mol. The summed E-state index contributed by atoms with van der Waals surface area (Å²) >= 11 is 0. The summed E-state index contributed by atoms with van der Waals surface area (Å²) < 4.78 is 0. The summed E-state index contributed by atoms with van der Waals surface area (Å²) in [5.41, 5.74) is 0. The van der Waals surface area contributed by atoms with Crippen molar-refractivity contribution in [2.75, 3.05) is 33.2 Å². The Morgan fingerprint density at radius 2 is 2.36 bits per heavy atom. The molecule has 1 rings (SSSR count). The van der Waals surface area contributed by atoms with E-state index >= 15 is 0 Å². The van der Waals surface area contributed by atoms with Gasteiger partial charge in [-0.3, -0.25) is 4.79 Å². The molecule has 1 fully saturated rings. The van der Waals surface area contributed by atoms with Gasteiger partial charge in [0.15, 0.2) is 0 Å². The van der Waals surface area contributed by atoms with E-state index in [2.05, 4.69) is 22.6 Å². The lowest BCUT2D eigenvalue weighted by Gasteiger charge is -2.12. The number of nitrogens with zero attached hydrogens (tertiary/aromatic N) is 1. The average Bonchev–Trinajstić information content (AvgIpc) is 2.52. The Hall–Kier alpha value is -0.610. The predicted octanol–water partition coefficient (Wildman–Crippen LogP) is -0.194. The zero-order valence-electron chi connectivity index (χ0n) is 9.18. The first-order valence-electron chi connectivity index (χ1n) is 5.41. The average molecular weight is 199 g/mol. The van der Waals surface area contributed by atoms with E-state index in [1.165, 1.54) is 13.0 Å². The fourth-order valence-electron chi connectivity index (χ4n) is 1.78. The summed E-state index contributed by atoms with van der Waals surface area (Å²) in [6, 6.07) is 0.578. The molecule has 1 atom stereocenters. The summed E-state index contributed by atoms with van der Waals surface area (Å²) in [4.78, 5) is 13.4. The van der Waals surface area contributed by atoms with Crippen molar-refractivity contribution in [2.24, 2.45) is 0 Å². The third-order valence-corrected chi connectivity index (χ3v) is 2.55. The Labute approximate surface area is 86.0 Å². The van der Waals surface area contributed by atoms with Gasteiger partial charge in [0.1, 0.15) is 0 Å². The van der Waals surface area contributed by atoms with Crippen LogP contribution in [0.4, 0.5) is 0 Å². The van der Waals surface area contributed by atoms with Crippen LogP contribution in [-0.2, 0) is 4.79 Å². The number of rotatable bonds is 5. The molecule has 1 heterocycles. The number of hydrogen-bond acceptors (Lipinski definition) is 3. The van der Waals surface area contributed by atoms with Crippen molar-refractivity contribution in [1.82, 2.24) is 15.5 Å². The summed E-state index contributed by atoms with van der Waals surface area (Å²) in [7, 11) is 2.13. The third-order valence-electron chi connectivity index (χ3n) is 2.55. The molecule has 0 aromatic carbocycles. The van der Waals surface area contributed by atoms with Gasteiger partial charge in [0.25, 0.3) is 0 Å². The van der Waals surface area contributed by atoms with Gasteiger partial charge in [-0.05, 0) is 26.9 Å². The quantitative estimate of drug-likeness (QED) is 0.645. The molecule has 0 bridgehead atoms. The number of hydrogen-bond donors (Lipinski definition) is 2. The van der Waals surface area contributed by atoms with Crippen molar-refractivity contribution < 1.29 is 4.79 Å². The largest absolute Gasteiger partial charge is 0.356 e. The van der Waals surface area contributed by atoms with Crippen LogP contribution in [0.2, 0.25) is 0 Å². The summed E-state index contributed by atoms with van der Waals surface area (Å²) in [6.07, 6.45) is 1.79. The molecule has 1 aliphatic heterocycles. The Bertz CT molecular complexity index is 184. The number of nitrogens with one attached hydrogen (secondary N) is 2. The molecule has 82 valence electrons. The van der Waals surface area contributed by atoms with Crippen LogP contribution in [0.25, 0.3) is 0 Å². The fourth-order valence-corrected chi connectivity index (χ4v) is 1.78. The first kappa shape index (κ1) is 11.5. The summed E-state index contributed by atoms with van der Waals surface area (Å²) in [6.45, 7) is 5.74. The fraction of sp³-hybridized carbons (Fsp3) is 0.900. The van der Waals surface area contributed by atoms with E-state index in [1.54, 1.807) is 0 Å². The Balaban J connectivity index is 2.01. The normalized spacial score (nSPS) is 22.6. The van der Waals surface area contributed by atoms with Crippen LogP contribution in [0.3, 0.4) is 0 Å². The molecule has 2 N–H and O–H groups in total. The lowest BCUT2D eigenvalue weighted by atomic mass is 10.2. The van der Waals surface area contributed by atoms with E-state index < -0.39 is 0 Å². The number of amides is 1. The molecule has 0 saturated carbocycles. The molecular weight excluding hydrogens is 178 g/mol. The molecule has 0 spiro atoms. The standard InChI is InChI=1S/C10H21N3O/c1-3-11-10(14)4-6-12-9-5-7-13(2)8-9/h9,12H,3-8H2,1-2H3,(H,11,14). The first-order chi connectivity index (χ1) is 6.72. The van der Waals surface area contributed by atoms with Gasteiger partial charge in [0.2, 0.25) is 5.91 Å². The molecule has 4 nitrogen and oxygen atoms in total. The highest BCUT2D eigenvalue weighted by Crippen LogP contribution is 2.05. The smallest absolute Gasteiger partial charge is 0.221 e. The molecule has 0 aromatic rings. The van der Waals surface area contributed by atoms with Crippen LogP contribution in [0.1, 0.15) is 19.8 Å². The number of carbonyl (C=O) groups excluding carboxylic acids is 1. The highest BCUT2D eigenvalue weighted by atomic mass is 16.1. The van der Waals surface area contributed by atoms with E-state index in [0.717, 1.165) is 19.6 Å². The highest BCUT2D eigenvalue weighted by molar-refractivity contribution is 5.75. The Morgan fingerprint density at radius 3 is 2.93 bits per heavy atom. The predicted molar refractivity (Wildman–Crippen MR) is 57.2 cm³/mol. The molecule has 1 saturated heterocycles. The highest BCUT2D eigenvalue weighted by Gasteiger charge is 2.18. The SMILES string of the molecule is CCNC(=O)CCNC1CCN(C)C1.